The number of carbonyl (C=O) groups is 2. The highest BCUT2D eigenvalue weighted by molar-refractivity contribution is 6.25. The van der Waals surface area contributed by atoms with E-state index in [4.69, 9.17) is 14.6 Å². The van der Waals surface area contributed by atoms with Crippen molar-refractivity contribution in [3.05, 3.63) is 22.6 Å². The van der Waals surface area contributed by atoms with E-state index >= 15 is 0 Å². The van der Waals surface area contributed by atoms with Crippen molar-refractivity contribution in [3.63, 3.8) is 0 Å². The average molecular weight is 350 g/mol. The van der Waals surface area contributed by atoms with Gasteiger partial charge in [0.1, 0.15) is 0 Å². The molecule has 2 saturated heterocycles. The molecular formula is C17H22N2O6. The first-order chi connectivity index (χ1) is 12.0. The summed E-state index contributed by atoms with van der Waals surface area (Å²) in [6, 6.07) is 0.192. The largest absolute Gasteiger partial charge is 0.489 e. The van der Waals surface area contributed by atoms with Crippen LogP contribution in [0.4, 0.5) is 0 Å². The van der Waals surface area contributed by atoms with Gasteiger partial charge in [0.05, 0.1) is 30.9 Å². The summed E-state index contributed by atoms with van der Waals surface area (Å²) in [4.78, 5) is 27.9. The zero-order chi connectivity index (χ0) is 17.9. The average Bonchev–Trinajstić information content (AvgIpc) is 3.22. The van der Waals surface area contributed by atoms with Gasteiger partial charge in [-0.15, -0.1) is 0 Å². The van der Waals surface area contributed by atoms with Crippen LogP contribution in [0.1, 0.15) is 13.3 Å². The van der Waals surface area contributed by atoms with Gasteiger partial charge in [0.25, 0.3) is 0 Å². The third kappa shape index (κ3) is 1.96. The predicted octanol–water partition coefficient (Wildman–Crippen LogP) is -1.31. The molecule has 2 fully saturated rings. The van der Waals surface area contributed by atoms with Crippen molar-refractivity contribution >= 4 is 11.6 Å². The summed E-state index contributed by atoms with van der Waals surface area (Å²) in [5, 5.41) is 22.2. The number of methoxy groups -OCH3 is 1. The number of ether oxygens (including phenoxy) is 2. The van der Waals surface area contributed by atoms with E-state index in [0.717, 1.165) is 0 Å². The van der Waals surface area contributed by atoms with Gasteiger partial charge in [-0.05, 0) is 6.92 Å². The van der Waals surface area contributed by atoms with E-state index in [2.05, 4.69) is 5.32 Å². The Morgan fingerprint density at radius 2 is 2.08 bits per heavy atom. The van der Waals surface area contributed by atoms with Crippen molar-refractivity contribution < 1.29 is 29.3 Å². The van der Waals surface area contributed by atoms with Gasteiger partial charge in [-0.25, -0.2) is 0 Å². The Morgan fingerprint density at radius 1 is 1.32 bits per heavy atom. The Balaban J connectivity index is 1.75. The molecule has 4 unspecified atom stereocenters. The molecule has 136 valence electrons. The smallest absolute Gasteiger partial charge is 0.226 e. The third-order valence-corrected chi connectivity index (χ3v) is 5.71. The first-order valence-electron chi connectivity index (χ1n) is 8.50. The minimum Gasteiger partial charge on any atom is -0.489 e. The number of nitrogens with zero attached hydrogens (tertiary/aromatic N) is 1. The van der Waals surface area contributed by atoms with Gasteiger partial charge in [-0.2, -0.15) is 0 Å². The first kappa shape index (κ1) is 16.7. The highest BCUT2D eigenvalue weighted by atomic mass is 16.5. The fourth-order valence-corrected chi connectivity index (χ4v) is 4.53. The second kappa shape index (κ2) is 5.63. The molecule has 3 heterocycles. The molecule has 25 heavy (non-hydrogen) atoms. The number of ketones is 2. The highest BCUT2D eigenvalue weighted by Gasteiger charge is 2.72. The lowest BCUT2D eigenvalue weighted by Gasteiger charge is -2.39. The van der Waals surface area contributed by atoms with Crippen LogP contribution in [0.2, 0.25) is 0 Å². The second-order valence-electron chi connectivity index (χ2n) is 6.85. The molecule has 4 aliphatic rings. The number of rotatable bonds is 6. The maximum atomic E-state index is 13.1. The van der Waals surface area contributed by atoms with Crippen LogP contribution in [0, 0.1) is 5.92 Å². The minimum atomic E-state index is -0.907. The lowest BCUT2D eigenvalue weighted by atomic mass is 9.83. The van der Waals surface area contributed by atoms with Crippen LogP contribution in [0.25, 0.3) is 0 Å². The maximum absolute atomic E-state index is 13.1. The number of piperazine rings is 1. The lowest BCUT2D eigenvalue weighted by molar-refractivity contribution is -0.137. The summed E-state index contributed by atoms with van der Waals surface area (Å²) >= 11 is 0. The van der Waals surface area contributed by atoms with Gasteiger partial charge in [0.2, 0.25) is 11.6 Å². The van der Waals surface area contributed by atoms with E-state index in [0.29, 0.717) is 18.7 Å². The Hall–Kier alpha value is -1.74. The highest BCUT2D eigenvalue weighted by Crippen LogP contribution is 2.55. The molecule has 0 radical (unpaired) electrons. The summed E-state index contributed by atoms with van der Waals surface area (Å²) in [6.45, 7) is 1.95. The summed E-state index contributed by atoms with van der Waals surface area (Å²) in [7, 11) is 1.55. The van der Waals surface area contributed by atoms with Crippen LogP contribution in [0.15, 0.2) is 22.6 Å². The van der Waals surface area contributed by atoms with Crippen LogP contribution >= 0.6 is 0 Å². The van der Waals surface area contributed by atoms with Crippen molar-refractivity contribution in [2.24, 2.45) is 5.92 Å². The molecule has 0 aromatic heterocycles. The van der Waals surface area contributed by atoms with E-state index in [1.807, 2.05) is 4.90 Å². The second-order valence-corrected chi connectivity index (χ2v) is 6.85. The Morgan fingerprint density at radius 3 is 2.72 bits per heavy atom. The van der Waals surface area contributed by atoms with Crippen LogP contribution in [0.3, 0.4) is 0 Å². The minimum absolute atomic E-state index is 0.0140. The van der Waals surface area contributed by atoms with Gasteiger partial charge in [0, 0.05) is 43.9 Å². The monoisotopic (exact) mass is 350 g/mol. The first-order valence-corrected chi connectivity index (χ1v) is 8.50. The normalized spacial score (nSPS) is 36.0. The van der Waals surface area contributed by atoms with Crippen molar-refractivity contribution in [1.29, 1.82) is 0 Å². The predicted molar refractivity (Wildman–Crippen MR) is 85.1 cm³/mol. The summed E-state index contributed by atoms with van der Waals surface area (Å²) in [6.07, 6.45) is 0.370. The van der Waals surface area contributed by atoms with Crippen molar-refractivity contribution in [3.8, 4) is 0 Å². The standard InChI is InChI=1S/C17H22N2O6/c1-8-13(22)12-11(14(23)15(8)25-5-3-4-20)9(7-21)17(24-2)16-10(18-16)6-19(12)17/h9-10,16,18,20-21H,3-7H2,1-2H3. The molecule has 0 amide bonds. The molecular weight excluding hydrogens is 328 g/mol. The molecule has 4 atom stereocenters. The summed E-state index contributed by atoms with van der Waals surface area (Å²) < 4.78 is 11.3. The maximum Gasteiger partial charge on any atom is 0.226 e. The molecule has 3 N–H and O–H groups in total. The van der Waals surface area contributed by atoms with Gasteiger partial charge in [0.15, 0.2) is 11.5 Å². The number of allylic oxidation sites excluding steroid dienone is 2. The van der Waals surface area contributed by atoms with Crippen LogP contribution in [0.5, 0.6) is 0 Å². The number of carbonyl (C=O) groups excluding carboxylic acids is 2. The SMILES string of the molecule is COC12C(CO)C3=C(C(=O)C(C)=C(OCCCO)C3=O)N1CC1NC12. The van der Waals surface area contributed by atoms with E-state index in [1.165, 1.54) is 0 Å². The van der Waals surface area contributed by atoms with Gasteiger partial charge in [-0.1, -0.05) is 0 Å². The van der Waals surface area contributed by atoms with E-state index in [-0.39, 0.29) is 60.4 Å². The van der Waals surface area contributed by atoms with Crippen LogP contribution < -0.4 is 5.32 Å². The van der Waals surface area contributed by atoms with Crippen LogP contribution in [-0.4, -0.2) is 78.0 Å². The quantitative estimate of drug-likeness (QED) is 0.307. The van der Waals surface area contributed by atoms with Crippen molar-refractivity contribution in [2.75, 3.05) is 33.5 Å². The Labute approximate surface area is 145 Å². The number of fused-ring (bicyclic) bond motifs is 4. The topological polar surface area (TPSA) is 118 Å². The summed E-state index contributed by atoms with van der Waals surface area (Å²) in [5.41, 5.74) is -0.0206. The van der Waals surface area contributed by atoms with Crippen molar-refractivity contribution in [1.82, 2.24) is 10.2 Å². The van der Waals surface area contributed by atoms with Crippen molar-refractivity contribution in [2.45, 2.75) is 31.2 Å². The third-order valence-electron chi connectivity index (χ3n) is 5.71. The molecule has 0 aromatic carbocycles. The molecule has 1 aliphatic carbocycles. The molecule has 3 aliphatic heterocycles. The number of nitrogens with one attached hydrogen (secondary N) is 1. The fraction of sp³-hybridized carbons (Fsp3) is 0.647. The number of Topliss-reactive ketones (excluding diaryl/α,β-unsaturated/α-hetero) is 2. The number of aliphatic hydroxyl groups is 2. The Kier molecular flexibility index (Phi) is 3.77. The van der Waals surface area contributed by atoms with Gasteiger partial charge in [-0.3, -0.25) is 9.59 Å². The molecule has 0 spiro atoms. The van der Waals surface area contributed by atoms with Gasteiger partial charge >= 0.3 is 0 Å². The molecule has 4 rings (SSSR count). The van der Waals surface area contributed by atoms with E-state index in [1.54, 1.807) is 14.0 Å². The van der Waals surface area contributed by atoms with Gasteiger partial charge < -0.3 is 29.9 Å². The molecule has 0 saturated carbocycles. The Bertz CT molecular complexity index is 714. The molecule has 8 heteroatoms. The molecule has 0 bridgehead atoms. The number of aliphatic hydroxyl groups excluding tert-OH is 2. The zero-order valence-corrected chi connectivity index (χ0v) is 14.2. The summed E-state index contributed by atoms with van der Waals surface area (Å²) in [5.74, 6) is -1.22. The zero-order valence-electron chi connectivity index (χ0n) is 14.2. The number of hydrogen-bond donors (Lipinski definition) is 3. The van der Waals surface area contributed by atoms with E-state index in [9.17, 15) is 14.7 Å². The lowest BCUT2D eigenvalue weighted by Crippen LogP contribution is -2.54. The fourth-order valence-electron chi connectivity index (χ4n) is 4.53. The number of hydrogen-bond acceptors (Lipinski definition) is 8. The molecule has 8 nitrogen and oxygen atoms in total. The molecule has 0 aromatic rings. The van der Waals surface area contributed by atoms with Crippen LogP contribution in [-0.2, 0) is 19.1 Å². The van der Waals surface area contributed by atoms with E-state index < -0.39 is 11.6 Å².